The number of carbonyl (C=O) groups is 1. The summed E-state index contributed by atoms with van der Waals surface area (Å²) >= 11 is 0. The molecular formula is C22H28N2O2. The van der Waals surface area contributed by atoms with Crippen molar-refractivity contribution in [2.24, 2.45) is 0 Å². The van der Waals surface area contributed by atoms with Gasteiger partial charge in [0.2, 0.25) is 0 Å². The molecule has 26 heavy (non-hydrogen) atoms. The van der Waals surface area contributed by atoms with Crippen molar-refractivity contribution in [3.63, 3.8) is 0 Å². The van der Waals surface area contributed by atoms with E-state index in [1.54, 1.807) is 12.1 Å². The maximum Gasteiger partial charge on any atom is 0.251 e. The number of carbonyl (C=O) groups excluding carboxylic acids is 1. The van der Waals surface area contributed by atoms with Gasteiger partial charge in [-0.15, -0.1) is 0 Å². The van der Waals surface area contributed by atoms with Crippen LogP contribution in [0.2, 0.25) is 0 Å². The number of ether oxygens (including phenoxy) is 1. The van der Waals surface area contributed by atoms with E-state index in [2.05, 4.69) is 34.5 Å². The third kappa shape index (κ3) is 5.01. The van der Waals surface area contributed by atoms with Gasteiger partial charge in [-0.3, -0.25) is 4.79 Å². The van der Waals surface area contributed by atoms with Crippen LogP contribution in [0.25, 0.3) is 0 Å². The molecule has 0 aliphatic carbocycles. The lowest BCUT2D eigenvalue weighted by molar-refractivity contribution is 0.0954. The highest BCUT2D eigenvalue weighted by Gasteiger charge is 2.10. The van der Waals surface area contributed by atoms with Crippen molar-refractivity contribution in [2.45, 2.75) is 32.6 Å². The van der Waals surface area contributed by atoms with Crippen LogP contribution in [0.15, 0.2) is 48.5 Å². The average molecular weight is 352 g/mol. The van der Waals surface area contributed by atoms with Crippen LogP contribution in [0.3, 0.4) is 0 Å². The van der Waals surface area contributed by atoms with E-state index in [1.165, 1.54) is 30.5 Å². The van der Waals surface area contributed by atoms with Crippen LogP contribution >= 0.6 is 0 Å². The van der Waals surface area contributed by atoms with E-state index in [-0.39, 0.29) is 5.91 Å². The monoisotopic (exact) mass is 352 g/mol. The molecule has 1 fully saturated rings. The Morgan fingerprint density at radius 1 is 1.00 bits per heavy atom. The van der Waals surface area contributed by atoms with Gasteiger partial charge in [0.25, 0.3) is 5.91 Å². The first-order chi connectivity index (χ1) is 12.8. The van der Waals surface area contributed by atoms with Gasteiger partial charge in [0.15, 0.2) is 0 Å². The molecule has 0 atom stereocenters. The zero-order valence-electron chi connectivity index (χ0n) is 15.5. The Morgan fingerprint density at radius 2 is 1.69 bits per heavy atom. The number of nitrogens with one attached hydrogen (secondary N) is 1. The lowest BCUT2D eigenvalue weighted by atomic mass is 10.1. The Bertz CT molecular complexity index is 689. The van der Waals surface area contributed by atoms with Gasteiger partial charge in [0.05, 0.1) is 6.61 Å². The fourth-order valence-electron chi connectivity index (χ4n) is 3.32. The molecule has 138 valence electrons. The summed E-state index contributed by atoms with van der Waals surface area (Å²) in [6.45, 7) is 5.53. The maximum absolute atomic E-state index is 12.2. The van der Waals surface area contributed by atoms with E-state index in [9.17, 15) is 4.79 Å². The lowest BCUT2D eigenvalue weighted by Crippen LogP contribution is -2.29. The Balaban J connectivity index is 1.45. The predicted molar refractivity (Wildman–Crippen MR) is 106 cm³/mol. The summed E-state index contributed by atoms with van der Waals surface area (Å²) in [5, 5.41) is 2.99. The van der Waals surface area contributed by atoms with Crippen molar-refractivity contribution in [3.05, 3.63) is 59.7 Å². The smallest absolute Gasteiger partial charge is 0.251 e. The molecule has 3 rings (SSSR count). The SMILES string of the molecule is CCOc1ccc(C(=O)NCCc2ccc(N3CCCCC3)cc2)cc1. The highest BCUT2D eigenvalue weighted by molar-refractivity contribution is 5.94. The van der Waals surface area contributed by atoms with E-state index >= 15 is 0 Å². The number of anilines is 1. The van der Waals surface area contributed by atoms with Gasteiger partial charge in [0, 0.05) is 30.9 Å². The molecular weight excluding hydrogens is 324 g/mol. The standard InChI is InChI=1S/C22H28N2O2/c1-2-26-21-12-8-19(9-13-21)22(25)23-15-14-18-6-10-20(11-7-18)24-16-4-3-5-17-24/h6-13H,2-5,14-17H2,1H3,(H,23,25). The third-order valence-corrected chi connectivity index (χ3v) is 4.78. The fourth-order valence-corrected chi connectivity index (χ4v) is 3.32. The first-order valence-corrected chi connectivity index (χ1v) is 9.61. The van der Waals surface area contributed by atoms with Crippen molar-refractivity contribution in [1.82, 2.24) is 5.32 Å². The molecule has 2 aromatic rings. The Morgan fingerprint density at radius 3 is 2.35 bits per heavy atom. The number of rotatable bonds is 7. The van der Waals surface area contributed by atoms with E-state index in [4.69, 9.17) is 4.74 Å². The van der Waals surface area contributed by atoms with E-state index in [1.807, 2.05) is 19.1 Å². The topological polar surface area (TPSA) is 41.6 Å². The molecule has 1 N–H and O–H groups in total. The number of amides is 1. The molecule has 1 aliphatic rings. The van der Waals surface area contributed by atoms with Crippen molar-refractivity contribution in [3.8, 4) is 5.75 Å². The molecule has 2 aromatic carbocycles. The van der Waals surface area contributed by atoms with E-state index in [0.29, 0.717) is 18.7 Å². The largest absolute Gasteiger partial charge is 0.494 e. The summed E-state index contributed by atoms with van der Waals surface area (Å²) in [5.74, 6) is 0.746. The average Bonchev–Trinajstić information content (AvgIpc) is 2.70. The third-order valence-electron chi connectivity index (χ3n) is 4.78. The Hall–Kier alpha value is -2.49. The number of benzene rings is 2. The number of hydrogen-bond acceptors (Lipinski definition) is 3. The highest BCUT2D eigenvalue weighted by atomic mass is 16.5. The maximum atomic E-state index is 12.2. The molecule has 1 amide bonds. The van der Waals surface area contributed by atoms with Crippen LogP contribution in [-0.4, -0.2) is 32.1 Å². The second-order valence-electron chi connectivity index (χ2n) is 6.68. The molecule has 0 spiro atoms. The minimum atomic E-state index is -0.0435. The van der Waals surface area contributed by atoms with E-state index < -0.39 is 0 Å². The first-order valence-electron chi connectivity index (χ1n) is 9.61. The van der Waals surface area contributed by atoms with Crippen molar-refractivity contribution in [2.75, 3.05) is 31.1 Å². The van der Waals surface area contributed by atoms with Crippen molar-refractivity contribution >= 4 is 11.6 Å². The first kappa shape index (κ1) is 18.3. The van der Waals surface area contributed by atoms with E-state index in [0.717, 1.165) is 25.3 Å². The zero-order valence-corrected chi connectivity index (χ0v) is 15.5. The Labute approximate surface area is 156 Å². The molecule has 1 heterocycles. The second kappa shape index (κ2) is 9.27. The molecule has 0 saturated carbocycles. The van der Waals surface area contributed by atoms with Gasteiger partial charge in [0.1, 0.15) is 5.75 Å². The molecule has 0 bridgehead atoms. The molecule has 0 unspecified atom stereocenters. The highest BCUT2D eigenvalue weighted by Crippen LogP contribution is 2.20. The van der Waals surface area contributed by atoms with Crippen LogP contribution in [0.5, 0.6) is 5.75 Å². The summed E-state index contributed by atoms with van der Waals surface area (Å²) in [4.78, 5) is 14.7. The van der Waals surface area contributed by atoms with Crippen LogP contribution < -0.4 is 15.0 Å². The second-order valence-corrected chi connectivity index (χ2v) is 6.68. The van der Waals surface area contributed by atoms with Gasteiger partial charge in [-0.25, -0.2) is 0 Å². The quantitative estimate of drug-likeness (QED) is 0.817. The predicted octanol–water partition coefficient (Wildman–Crippen LogP) is 4.05. The molecule has 4 nitrogen and oxygen atoms in total. The molecule has 0 radical (unpaired) electrons. The van der Waals surface area contributed by atoms with Crippen LogP contribution in [0, 0.1) is 0 Å². The van der Waals surface area contributed by atoms with Crippen LogP contribution in [-0.2, 0) is 6.42 Å². The molecule has 1 saturated heterocycles. The molecule has 4 heteroatoms. The molecule has 0 aromatic heterocycles. The number of nitrogens with zero attached hydrogens (tertiary/aromatic N) is 1. The number of hydrogen-bond donors (Lipinski definition) is 1. The number of piperidine rings is 1. The summed E-state index contributed by atoms with van der Waals surface area (Å²) in [5.41, 5.74) is 3.22. The van der Waals surface area contributed by atoms with Gasteiger partial charge < -0.3 is 15.0 Å². The minimum absolute atomic E-state index is 0.0435. The Kier molecular flexibility index (Phi) is 6.53. The minimum Gasteiger partial charge on any atom is -0.494 e. The van der Waals surface area contributed by atoms with Gasteiger partial charge in [-0.2, -0.15) is 0 Å². The van der Waals surface area contributed by atoms with Crippen LogP contribution in [0.1, 0.15) is 42.1 Å². The lowest BCUT2D eigenvalue weighted by Gasteiger charge is -2.28. The van der Waals surface area contributed by atoms with Crippen molar-refractivity contribution in [1.29, 1.82) is 0 Å². The van der Waals surface area contributed by atoms with Gasteiger partial charge >= 0.3 is 0 Å². The van der Waals surface area contributed by atoms with Crippen molar-refractivity contribution < 1.29 is 9.53 Å². The summed E-state index contributed by atoms with van der Waals surface area (Å²) in [6, 6.07) is 16.0. The summed E-state index contributed by atoms with van der Waals surface area (Å²) < 4.78 is 5.40. The summed E-state index contributed by atoms with van der Waals surface area (Å²) in [7, 11) is 0. The fraction of sp³-hybridized carbons (Fsp3) is 0.409. The van der Waals surface area contributed by atoms with Gasteiger partial charge in [-0.05, 0) is 74.6 Å². The normalized spacial score (nSPS) is 14.1. The molecule has 1 aliphatic heterocycles. The van der Waals surface area contributed by atoms with Crippen LogP contribution in [0.4, 0.5) is 5.69 Å². The van der Waals surface area contributed by atoms with Gasteiger partial charge in [-0.1, -0.05) is 12.1 Å². The summed E-state index contributed by atoms with van der Waals surface area (Å²) in [6.07, 6.45) is 4.77. The zero-order chi connectivity index (χ0) is 18.2.